The van der Waals surface area contributed by atoms with Gasteiger partial charge in [-0.05, 0) is 36.8 Å². The minimum absolute atomic E-state index is 0.0879. The average Bonchev–Trinajstić information content (AvgIpc) is 3.24. The summed E-state index contributed by atoms with van der Waals surface area (Å²) < 4.78 is 41.7. The highest BCUT2D eigenvalue weighted by Gasteiger charge is 2.17. The lowest BCUT2D eigenvalue weighted by atomic mass is 10.1. The lowest BCUT2D eigenvalue weighted by molar-refractivity contribution is 0.285. The fourth-order valence-electron chi connectivity index (χ4n) is 3.74. The second kappa shape index (κ2) is 10.8. The van der Waals surface area contributed by atoms with Crippen LogP contribution in [0.25, 0.3) is 29.0 Å². The summed E-state index contributed by atoms with van der Waals surface area (Å²) in [5, 5.41) is 9.09. The first-order valence-corrected chi connectivity index (χ1v) is 11.3. The summed E-state index contributed by atoms with van der Waals surface area (Å²) in [6, 6.07) is 12.7. The van der Waals surface area contributed by atoms with Crippen LogP contribution in [0.15, 0.2) is 48.7 Å². The molecule has 2 aromatic carbocycles. The first-order chi connectivity index (χ1) is 17.0. The molecule has 0 amide bonds. The molecule has 178 valence electrons. The molecule has 0 aliphatic carbocycles. The highest BCUT2D eigenvalue weighted by atomic mass is 19.1. The standard InChI is InChI=1S/C27H24F2N4O2/c1-3-4-5-13-35-27-19(7-6-8-23(27)34-2)10-12-25-32-22-15-20(28)14-21(29)26(22)33(25)24-11-9-18(16-30)17-31-24/h6-12,14-15,17H,3-5,13H2,1-2H3. The maximum Gasteiger partial charge on any atom is 0.168 e. The molecule has 0 bridgehead atoms. The number of nitrogens with zero attached hydrogens (tertiary/aromatic N) is 4. The van der Waals surface area contributed by atoms with Crippen LogP contribution in [-0.4, -0.2) is 28.3 Å². The van der Waals surface area contributed by atoms with Crippen LogP contribution in [0.5, 0.6) is 11.5 Å². The van der Waals surface area contributed by atoms with E-state index in [1.54, 1.807) is 31.4 Å². The molecule has 4 aromatic rings. The predicted molar refractivity (Wildman–Crippen MR) is 130 cm³/mol. The zero-order chi connectivity index (χ0) is 24.8. The molecule has 0 radical (unpaired) electrons. The van der Waals surface area contributed by atoms with Crippen molar-refractivity contribution in [2.45, 2.75) is 26.2 Å². The average molecular weight is 475 g/mol. The third-order valence-corrected chi connectivity index (χ3v) is 5.44. The van der Waals surface area contributed by atoms with Crippen LogP contribution in [0, 0.1) is 23.0 Å². The Balaban J connectivity index is 1.80. The Hall–Kier alpha value is -4.25. The Bertz CT molecular complexity index is 1410. The molecule has 0 spiro atoms. The van der Waals surface area contributed by atoms with Gasteiger partial charge in [0.05, 0.1) is 24.8 Å². The number of hydrogen-bond acceptors (Lipinski definition) is 5. The quantitative estimate of drug-likeness (QED) is 0.266. The van der Waals surface area contributed by atoms with E-state index in [-0.39, 0.29) is 11.0 Å². The number of fused-ring (bicyclic) bond motifs is 1. The van der Waals surface area contributed by atoms with Crippen LogP contribution in [0.1, 0.15) is 43.1 Å². The van der Waals surface area contributed by atoms with Gasteiger partial charge in [-0.2, -0.15) is 5.26 Å². The number of ether oxygens (including phenoxy) is 2. The minimum Gasteiger partial charge on any atom is -0.493 e. The van der Waals surface area contributed by atoms with E-state index in [0.29, 0.717) is 35.3 Å². The number of pyridine rings is 1. The summed E-state index contributed by atoms with van der Waals surface area (Å²) >= 11 is 0. The highest BCUT2D eigenvalue weighted by molar-refractivity contribution is 5.83. The largest absolute Gasteiger partial charge is 0.493 e. The van der Waals surface area contributed by atoms with E-state index in [9.17, 15) is 8.78 Å². The Morgan fingerprint density at radius 3 is 2.69 bits per heavy atom. The monoisotopic (exact) mass is 474 g/mol. The molecule has 35 heavy (non-hydrogen) atoms. The van der Waals surface area contributed by atoms with Gasteiger partial charge in [-0.25, -0.2) is 18.7 Å². The minimum atomic E-state index is -0.764. The number of aromatic nitrogens is 3. The van der Waals surface area contributed by atoms with Crippen molar-refractivity contribution in [3.05, 3.63) is 77.2 Å². The van der Waals surface area contributed by atoms with Gasteiger partial charge in [0, 0.05) is 23.9 Å². The zero-order valence-electron chi connectivity index (χ0n) is 19.5. The fraction of sp³-hybridized carbons (Fsp3) is 0.222. The van der Waals surface area contributed by atoms with Crippen molar-refractivity contribution < 1.29 is 18.3 Å². The van der Waals surface area contributed by atoms with Gasteiger partial charge < -0.3 is 9.47 Å². The molecular weight excluding hydrogens is 450 g/mol. The van der Waals surface area contributed by atoms with Crippen molar-refractivity contribution in [1.82, 2.24) is 14.5 Å². The van der Waals surface area contributed by atoms with Gasteiger partial charge in [-0.1, -0.05) is 31.9 Å². The Labute approximate surface area is 202 Å². The molecule has 0 atom stereocenters. The molecule has 0 saturated carbocycles. The Morgan fingerprint density at radius 2 is 1.97 bits per heavy atom. The van der Waals surface area contributed by atoms with E-state index < -0.39 is 11.6 Å². The SMILES string of the molecule is CCCCCOc1c(C=Cc2nc3cc(F)cc(F)c3n2-c2ccc(C#N)cn2)cccc1OC. The van der Waals surface area contributed by atoms with Crippen molar-refractivity contribution in [3.8, 4) is 23.4 Å². The molecule has 0 saturated heterocycles. The molecule has 2 heterocycles. The Kier molecular flexibility index (Phi) is 7.36. The van der Waals surface area contributed by atoms with Gasteiger partial charge in [0.1, 0.15) is 29.0 Å². The summed E-state index contributed by atoms with van der Waals surface area (Å²) in [6.07, 6.45) is 7.92. The van der Waals surface area contributed by atoms with E-state index in [4.69, 9.17) is 14.7 Å². The van der Waals surface area contributed by atoms with Crippen LogP contribution in [0.3, 0.4) is 0 Å². The van der Waals surface area contributed by atoms with Gasteiger partial charge in [-0.15, -0.1) is 0 Å². The second-order valence-electron chi connectivity index (χ2n) is 7.85. The first-order valence-electron chi connectivity index (χ1n) is 11.3. The smallest absolute Gasteiger partial charge is 0.168 e. The second-order valence-corrected chi connectivity index (χ2v) is 7.85. The summed E-state index contributed by atoms with van der Waals surface area (Å²) in [5.41, 5.74) is 1.35. The lowest BCUT2D eigenvalue weighted by Gasteiger charge is -2.13. The van der Waals surface area contributed by atoms with Crippen LogP contribution < -0.4 is 9.47 Å². The van der Waals surface area contributed by atoms with Crippen LogP contribution in [0.2, 0.25) is 0 Å². The van der Waals surface area contributed by atoms with Gasteiger partial charge in [0.2, 0.25) is 0 Å². The molecule has 0 fully saturated rings. The van der Waals surface area contributed by atoms with E-state index in [2.05, 4.69) is 16.9 Å². The van der Waals surface area contributed by atoms with Gasteiger partial charge >= 0.3 is 0 Å². The first kappa shape index (κ1) is 23.9. The van der Waals surface area contributed by atoms with E-state index in [0.717, 1.165) is 30.9 Å². The molecule has 0 N–H and O–H groups in total. The maximum atomic E-state index is 14.8. The molecule has 0 aliphatic heterocycles. The normalized spacial score (nSPS) is 11.2. The van der Waals surface area contributed by atoms with Crippen LogP contribution >= 0.6 is 0 Å². The Morgan fingerprint density at radius 1 is 1.11 bits per heavy atom. The van der Waals surface area contributed by atoms with Crippen molar-refractivity contribution in [2.24, 2.45) is 0 Å². The van der Waals surface area contributed by atoms with Crippen molar-refractivity contribution in [3.63, 3.8) is 0 Å². The van der Waals surface area contributed by atoms with Gasteiger partial charge in [-0.3, -0.25) is 4.57 Å². The van der Waals surface area contributed by atoms with E-state index in [1.165, 1.54) is 16.8 Å². The summed E-state index contributed by atoms with van der Waals surface area (Å²) in [7, 11) is 1.58. The molecule has 0 unspecified atom stereocenters. The molecule has 6 nitrogen and oxygen atoms in total. The van der Waals surface area contributed by atoms with Crippen molar-refractivity contribution in [2.75, 3.05) is 13.7 Å². The molecule has 4 rings (SSSR count). The zero-order valence-corrected chi connectivity index (χ0v) is 19.5. The molecule has 8 heteroatoms. The number of imidazole rings is 1. The fourth-order valence-corrected chi connectivity index (χ4v) is 3.74. The summed E-state index contributed by atoms with van der Waals surface area (Å²) in [6.45, 7) is 2.67. The number of nitriles is 1. The van der Waals surface area contributed by atoms with Crippen LogP contribution in [0.4, 0.5) is 8.78 Å². The van der Waals surface area contributed by atoms with Gasteiger partial charge in [0.25, 0.3) is 0 Å². The number of hydrogen-bond donors (Lipinski definition) is 0. The number of para-hydroxylation sites is 1. The number of halogens is 2. The number of methoxy groups -OCH3 is 1. The van der Waals surface area contributed by atoms with E-state index >= 15 is 0 Å². The van der Waals surface area contributed by atoms with Gasteiger partial charge in [0.15, 0.2) is 17.3 Å². The maximum absolute atomic E-state index is 14.8. The highest BCUT2D eigenvalue weighted by Crippen LogP contribution is 2.33. The topological polar surface area (TPSA) is 73.0 Å². The van der Waals surface area contributed by atoms with E-state index in [1.807, 2.05) is 24.3 Å². The number of rotatable bonds is 9. The number of unbranched alkanes of at least 4 members (excludes halogenated alkanes) is 2. The summed E-state index contributed by atoms with van der Waals surface area (Å²) in [4.78, 5) is 8.73. The molecule has 2 aromatic heterocycles. The lowest BCUT2D eigenvalue weighted by Crippen LogP contribution is -2.02. The third kappa shape index (κ3) is 5.14. The molecular formula is C27H24F2N4O2. The molecule has 0 aliphatic rings. The van der Waals surface area contributed by atoms with Crippen molar-refractivity contribution >= 4 is 23.2 Å². The predicted octanol–water partition coefficient (Wildman–Crippen LogP) is 6.32. The summed E-state index contributed by atoms with van der Waals surface area (Å²) in [5.74, 6) is 0.385. The van der Waals surface area contributed by atoms with Crippen LogP contribution in [-0.2, 0) is 0 Å². The number of benzene rings is 2. The third-order valence-electron chi connectivity index (χ3n) is 5.44. The van der Waals surface area contributed by atoms with Crippen molar-refractivity contribution in [1.29, 1.82) is 5.26 Å².